The lowest BCUT2D eigenvalue weighted by Crippen LogP contribution is -2.28. The first-order chi connectivity index (χ1) is 28.0. The molecule has 274 valence electrons. The Morgan fingerprint density at radius 3 is 1.35 bits per heavy atom. The number of ether oxygens (including phenoxy) is 2. The van der Waals surface area contributed by atoms with E-state index in [1.165, 1.54) is 60.5 Å². The lowest BCUT2D eigenvalue weighted by Gasteiger charge is -2.34. The molecule has 1 unspecified atom stereocenters. The van der Waals surface area contributed by atoms with Crippen LogP contribution < -0.4 is 9.47 Å². The first-order valence-electron chi connectivity index (χ1n) is 19.4. The van der Waals surface area contributed by atoms with Crippen LogP contribution >= 0.6 is 0 Å². The van der Waals surface area contributed by atoms with E-state index in [0.717, 1.165) is 28.2 Å². The fourth-order valence-corrected chi connectivity index (χ4v) is 9.13. The fraction of sp³-hybridized carbons (Fsp3) is 0.0741. The number of fused-ring (bicyclic) bond motifs is 7. The van der Waals surface area contributed by atoms with Gasteiger partial charge in [-0.25, -0.2) is 0 Å². The van der Waals surface area contributed by atoms with Crippen molar-refractivity contribution in [1.29, 1.82) is 0 Å². The molecular weight excluding hydrogens is 697 g/mol. The van der Waals surface area contributed by atoms with Crippen LogP contribution in [0.1, 0.15) is 44.5 Å². The number of aryl methyl sites for hydroxylation is 1. The van der Waals surface area contributed by atoms with Crippen LogP contribution in [0, 0.1) is 6.92 Å². The van der Waals surface area contributed by atoms with Crippen molar-refractivity contribution in [1.82, 2.24) is 0 Å². The molecule has 0 aromatic heterocycles. The molecule has 9 aromatic rings. The van der Waals surface area contributed by atoms with Crippen LogP contribution in [0.15, 0.2) is 200 Å². The van der Waals surface area contributed by atoms with Gasteiger partial charge in [-0.05, 0) is 115 Å². The zero-order valence-corrected chi connectivity index (χ0v) is 31.8. The second-order valence-electron chi connectivity index (χ2n) is 15.0. The molecule has 1 aliphatic rings. The minimum atomic E-state index is -1.37. The van der Waals surface area contributed by atoms with Gasteiger partial charge in [0.25, 0.3) is 0 Å². The summed E-state index contributed by atoms with van der Waals surface area (Å²) in [7, 11) is 1.64. The Labute approximate surface area is 333 Å². The molecular formula is C54H40O3. The Morgan fingerprint density at radius 2 is 0.842 bits per heavy atom. The molecule has 1 aliphatic carbocycles. The maximum Gasteiger partial charge on any atom is 0.140 e. The second-order valence-corrected chi connectivity index (χ2v) is 15.0. The average molecular weight is 737 g/mol. The molecule has 0 bridgehead atoms. The smallest absolute Gasteiger partial charge is 0.140 e. The van der Waals surface area contributed by atoms with Gasteiger partial charge in [-0.1, -0.05) is 169 Å². The van der Waals surface area contributed by atoms with E-state index in [1.807, 2.05) is 78.9 Å². The normalized spacial score (nSPS) is 13.8. The van der Waals surface area contributed by atoms with Crippen molar-refractivity contribution in [2.75, 3.05) is 7.11 Å². The third-order valence-corrected chi connectivity index (χ3v) is 11.9. The third kappa shape index (κ3) is 5.46. The van der Waals surface area contributed by atoms with Crippen LogP contribution in [-0.4, -0.2) is 12.2 Å². The summed E-state index contributed by atoms with van der Waals surface area (Å²) in [5.74, 6) is 2.14. The Kier molecular flexibility index (Phi) is 8.28. The highest BCUT2D eigenvalue weighted by Crippen LogP contribution is 2.59. The van der Waals surface area contributed by atoms with Gasteiger partial charge in [-0.15, -0.1) is 0 Å². The van der Waals surface area contributed by atoms with Crippen molar-refractivity contribution in [2.24, 2.45) is 0 Å². The first-order valence-corrected chi connectivity index (χ1v) is 19.4. The quantitative estimate of drug-likeness (QED) is 0.158. The van der Waals surface area contributed by atoms with Crippen LogP contribution in [0.3, 0.4) is 0 Å². The predicted octanol–water partition coefficient (Wildman–Crippen LogP) is 12.7. The van der Waals surface area contributed by atoms with Gasteiger partial charge in [-0.3, -0.25) is 0 Å². The molecule has 0 saturated carbocycles. The van der Waals surface area contributed by atoms with E-state index in [-0.39, 0.29) is 0 Å². The summed E-state index contributed by atoms with van der Waals surface area (Å²) in [6.45, 7) is 2.15. The van der Waals surface area contributed by atoms with E-state index in [9.17, 15) is 5.11 Å². The van der Waals surface area contributed by atoms with Gasteiger partial charge in [0.05, 0.1) is 12.5 Å². The maximum atomic E-state index is 12.4. The Morgan fingerprint density at radius 1 is 0.421 bits per heavy atom. The molecule has 0 radical (unpaired) electrons. The van der Waals surface area contributed by atoms with Crippen molar-refractivity contribution >= 4 is 21.5 Å². The highest BCUT2D eigenvalue weighted by Gasteiger charge is 2.47. The number of rotatable bonds is 8. The monoisotopic (exact) mass is 736 g/mol. The van der Waals surface area contributed by atoms with Crippen molar-refractivity contribution in [3.63, 3.8) is 0 Å². The van der Waals surface area contributed by atoms with Crippen molar-refractivity contribution in [2.45, 2.75) is 17.9 Å². The van der Waals surface area contributed by atoms with Gasteiger partial charge in [0.15, 0.2) is 0 Å². The molecule has 0 fully saturated rings. The molecule has 9 aromatic carbocycles. The number of methoxy groups -OCH3 is 1. The van der Waals surface area contributed by atoms with E-state index in [4.69, 9.17) is 9.47 Å². The van der Waals surface area contributed by atoms with E-state index in [1.54, 1.807) is 7.11 Å². The molecule has 0 heterocycles. The molecule has 3 nitrogen and oxygen atoms in total. The lowest BCUT2D eigenvalue weighted by molar-refractivity contribution is 0.125. The highest BCUT2D eigenvalue weighted by atomic mass is 16.5. The summed E-state index contributed by atoms with van der Waals surface area (Å²) in [5.41, 5.74) is 9.11. The predicted molar refractivity (Wildman–Crippen MR) is 232 cm³/mol. The van der Waals surface area contributed by atoms with Crippen LogP contribution in [0.5, 0.6) is 17.2 Å². The number of aliphatic hydroxyl groups is 1. The van der Waals surface area contributed by atoms with E-state index < -0.39 is 11.0 Å². The van der Waals surface area contributed by atoms with Crippen LogP contribution in [0.25, 0.3) is 32.7 Å². The van der Waals surface area contributed by atoms with Crippen molar-refractivity contribution < 1.29 is 14.6 Å². The average Bonchev–Trinajstić information content (AvgIpc) is 3.59. The highest BCUT2D eigenvalue weighted by molar-refractivity contribution is 6.12. The van der Waals surface area contributed by atoms with Gasteiger partial charge in [0, 0.05) is 0 Å². The van der Waals surface area contributed by atoms with Crippen molar-refractivity contribution in [3.05, 3.63) is 245 Å². The number of hydrogen-bond acceptors (Lipinski definition) is 3. The SMILES string of the molecule is COc1ccc(C(O)(c2ccccc2)c2ccc(Oc3ccc(C4(c5ccc(C)cc5)c5ccc6ccccc6c5-c5c4ccc4ccccc54)cc3)cc2)cc1. The summed E-state index contributed by atoms with van der Waals surface area (Å²) in [4.78, 5) is 0. The van der Waals surface area contributed by atoms with E-state index in [2.05, 4.69) is 128 Å². The summed E-state index contributed by atoms with van der Waals surface area (Å²) in [6.07, 6.45) is 0. The molecule has 0 amide bonds. The van der Waals surface area contributed by atoms with Gasteiger partial charge in [0.1, 0.15) is 22.8 Å². The molecule has 3 heteroatoms. The summed E-state index contributed by atoms with van der Waals surface area (Å²) in [6, 6.07) is 69.5. The lowest BCUT2D eigenvalue weighted by atomic mass is 9.67. The molecule has 0 aliphatic heterocycles. The molecule has 1 N–H and O–H groups in total. The zero-order valence-electron chi connectivity index (χ0n) is 31.8. The molecule has 1 atom stereocenters. The third-order valence-electron chi connectivity index (χ3n) is 11.9. The standard InChI is InChI=1S/C54H40O3/c1-36-16-20-39(21-17-36)53(49-34-18-37-10-6-8-14-47(37)51(49)52-48-15-9-7-11-38(48)19-35-50(52)53)40-22-30-45(31-23-40)57-46-32-26-43(27-33-46)54(55,41-12-4-3-5-13-41)42-24-28-44(56-2)29-25-42/h3-35,55H,1-2H3. The minimum absolute atomic E-state index is 0.560. The molecule has 10 rings (SSSR count). The Bertz CT molecular complexity index is 2810. The van der Waals surface area contributed by atoms with Gasteiger partial charge in [-0.2, -0.15) is 0 Å². The van der Waals surface area contributed by atoms with Crippen LogP contribution in [0.2, 0.25) is 0 Å². The zero-order chi connectivity index (χ0) is 38.6. The molecule has 0 spiro atoms. The minimum Gasteiger partial charge on any atom is -0.497 e. The second kappa shape index (κ2) is 13.7. The van der Waals surface area contributed by atoms with Crippen LogP contribution in [0.4, 0.5) is 0 Å². The number of benzene rings is 9. The fourth-order valence-electron chi connectivity index (χ4n) is 9.13. The topological polar surface area (TPSA) is 38.7 Å². The number of hydrogen-bond donors (Lipinski definition) is 1. The van der Waals surface area contributed by atoms with Crippen LogP contribution in [-0.2, 0) is 11.0 Å². The van der Waals surface area contributed by atoms with E-state index in [0.29, 0.717) is 5.75 Å². The first kappa shape index (κ1) is 34.5. The Balaban J connectivity index is 1.07. The summed E-state index contributed by atoms with van der Waals surface area (Å²) >= 11 is 0. The van der Waals surface area contributed by atoms with Crippen molar-refractivity contribution in [3.8, 4) is 28.4 Å². The van der Waals surface area contributed by atoms with Gasteiger partial charge >= 0.3 is 0 Å². The molecule has 57 heavy (non-hydrogen) atoms. The molecule has 0 saturated heterocycles. The summed E-state index contributed by atoms with van der Waals surface area (Å²) < 4.78 is 11.9. The largest absolute Gasteiger partial charge is 0.497 e. The summed E-state index contributed by atoms with van der Waals surface area (Å²) in [5, 5.41) is 17.4. The Hall–Kier alpha value is -6.94. The van der Waals surface area contributed by atoms with E-state index >= 15 is 0 Å². The van der Waals surface area contributed by atoms with Gasteiger partial charge < -0.3 is 14.6 Å². The maximum absolute atomic E-state index is 12.4. The van der Waals surface area contributed by atoms with Gasteiger partial charge in [0.2, 0.25) is 0 Å².